The van der Waals surface area contributed by atoms with Crippen LogP contribution in [0.4, 0.5) is 8.78 Å². The second kappa shape index (κ2) is 4.13. The first-order valence-electron chi connectivity index (χ1n) is 5.67. The smallest absolute Gasteiger partial charge is 0.132 e. The van der Waals surface area contributed by atoms with Crippen molar-refractivity contribution in [3.8, 4) is 0 Å². The standard InChI is InChI=1S/C13H16F2O/c1-13(16,8-9-4-2-5-9)12-10(14)6-3-7-11(12)15/h3,6-7,9,16H,2,4-5,8H2,1H3. The third-order valence-corrected chi connectivity index (χ3v) is 3.41. The first kappa shape index (κ1) is 11.5. The molecule has 1 aliphatic rings. The summed E-state index contributed by atoms with van der Waals surface area (Å²) in [5.74, 6) is -0.928. The summed E-state index contributed by atoms with van der Waals surface area (Å²) < 4.78 is 27.0. The van der Waals surface area contributed by atoms with Crippen LogP contribution in [0.1, 0.15) is 38.2 Å². The maximum Gasteiger partial charge on any atom is 0.132 e. The average molecular weight is 226 g/mol. The summed E-state index contributed by atoms with van der Waals surface area (Å²) in [5, 5.41) is 10.2. The van der Waals surface area contributed by atoms with Crippen LogP contribution in [0.25, 0.3) is 0 Å². The van der Waals surface area contributed by atoms with Gasteiger partial charge in [-0.05, 0) is 31.4 Å². The predicted octanol–water partition coefficient (Wildman–Crippen LogP) is 3.36. The van der Waals surface area contributed by atoms with E-state index in [1.807, 2.05) is 0 Å². The molecule has 0 radical (unpaired) electrons. The summed E-state index contributed by atoms with van der Waals surface area (Å²) in [6, 6.07) is 3.69. The fourth-order valence-electron chi connectivity index (χ4n) is 2.37. The van der Waals surface area contributed by atoms with Gasteiger partial charge in [-0.15, -0.1) is 0 Å². The van der Waals surface area contributed by atoms with E-state index in [0.29, 0.717) is 12.3 Å². The zero-order chi connectivity index (χ0) is 11.8. The molecule has 1 aromatic carbocycles. The first-order valence-corrected chi connectivity index (χ1v) is 5.67. The van der Waals surface area contributed by atoms with Gasteiger partial charge in [-0.25, -0.2) is 8.78 Å². The van der Waals surface area contributed by atoms with E-state index in [1.165, 1.54) is 25.1 Å². The second-order valence-electron chi connectivity index (χ2n) is 4.87. The molecule has 1 aromatic rings. The predicted molar refractivity (Wildman–Crippen MR) is 57.9 cm³/mol. The summed E-state index contributed by atoms with van der Waals surface area (Å²) in [6.07, 6.45) is 3.68. The van der Waals surface area contributed by atoms with Crippen LogP contribution in [0, 0.1) is 17.6 Å². The van der Waals surface area contributed by atoms with E-state index in [4.69, 9.17) is 0 Å². The van der Waals surface area contributed by atoms with Crippen molar-refractivity contribution < 1.29 is 13.9 Å². The molecule has 1 atom stereocenters. The normalized spacial score (nSPS) is 20.2. The largest absolute Gasteiger partial charge is 0.385 e. The van der Waals surface area contributed by atoms with Gasteiger partial charge in [-0.1, -0.05) is 25.3 Å². The van der Waals surface area contributed by atoms with Gasteiger partial charge in [0, 0.05) is 0 Å². The molecule has 88 valence electrons. The molecule has 1 nitrogen and oxygen atoms in total. The third kappa shape index (κ3) is 2.09. The molecule has 1 N–H and O–H groups in total. The molecule has 2 rings (SSSR count). The molecule has 1 aliphatic carbocycles. The van der Waals surface area contributed by atoms with Gasteiger partial charge in [0.25, 0.3) is 0 Å². The summed E-state index contributed by atoms with van der Waals surface area (Å²) in [5.41, 5.74) is -1.59. The quantitative estimate of drug-likeness (QED) is 0.837. The Bertz CT molecular complexity index is 363. The van der Waals surface area contributed by atoms with Crippen molar-refractivity contribution in [1.29, 1.82) is 0 Å². The molecular formula is C13H16F2O. The molecule has 1 unspecified atom stereocenters. The van der Waals surface area contributed by atoms with Crippen LogP contribution in [0.5, 0.6) is 0 Å². The highest BCUT2D eigenvalue weighted by Gasteiger charge is 2.34. The Morgan fingerprint density at radius 3 is 2.31 bits per heavy atom. The van der Waals surface area contributed by atoms with Gasteiger partial charge in [-0.2, -0.15) is 0 Å². The monoisotopic (exact) mass is 226 g/mol. The Morgan fingerprint density at radius 2 is 1.88 bits per heavy atom. The molecule has 0 heterocycles. The van der Waals surface area contributed by atoms with E-state index < -0.39 is 17.2 Å². The zero-order valence-electron chi connectivity index (χ0n) is 9.34. The fourth-order valence-corrected chi connectivity index (χ4v) is 2.37. The Hall–Kier alpha value is -0.960. The van der Waals surface area contributed by atoms with Crippen molar-refractivity contribution >= 4 is 0 Å². The van der Waals surface area contributed by atoms with E-state index in [9.17, 15) is 13.9 Å². The van der Waals surface area contributed by atoms with Gasteiger partial charge in [-0.3, -0.25) is 0 Å². The lowest BCUT2D eigenvalue weighted by Crippen LogP contribution is -2.30. The molecule has 0 saturated heterocycles. The minimum atomic E-state index is -1.40. The van der Waals surface area contributed by atoms with Crippen molar-refractivity contribution in [2.24, 2.45) is 5.92 Å². The van der Waals surface area contributed by atoms with Crippen LogP contribution >= 0.6 is 0 Å². The van der Waals surface area contributed by atoms with E-state index >= 15 is 0 Å². The topological polar surface area (TPSA) is 20.2 Å². The fraction of sp³-hybridized carbons (Fsp3) is 0.538. The molecule has 0 spiro atoms. The zero-order valence-corrected chi connectivity index (χ0v) is 9.34. The molecule has 0 bridgehead atoms. The van der Waals surface area contributed by atoms with Crippen LogP contribution < -0.4 is 0 Å². The van der Waals surface area contributed by atoms with E-state index in [0.717, 1.165) is 19.3 Å². The number of rotatable bonds is 3. The van der Waals surface area contributed by atoms with Crippen LogP contribution in [-0.2, 0) is 5.60 Å². The SMILES string of the molecule is CC(O)(CC1CCC1)c1c(F)cccc1F. The molecule has 0 aromatic heterocycles. The number of benzene rings is 1. The van der Waals surface area contributed by atoms with Gasteiger partial charge < -0.3 is 5.11 Å². The maximum absolute atomic E-state index is 13.5. The van der Waals surface area contributed by atoms with Gasteiger partial charge in [0.15, 0.2) is 0 Å². The van der Waals surface area contributed by atoms with Crippen LogP contribution in [0.2, 0.25) is 0 Å². The second-order valence-corrected chi connectivity index (χ2v) is 4.87. The van der Waals surface area contributed by atoms with Crippen molar-refractivity contribution in [3.05, 3.63) is 35.4 Å². The maximum atomic E-state index is 13.5. The minimum absolute atomic E-state index is 0.193. The minimum Gasteiger partial charge on any atom is -0.385 e. The highest BCUT2D eigenvalue weighted by molar-refractivity contribution is 5.25. The molecule has 1 fully saturated rings. The Morgan fingerprint density at radius 1 is 1.31 bits per heavy atom. The highest BCUT2D eigenvalue weighted by atomic mass is 19.1. The van der Waals surface area contributed by atoms with Crippen LogP contribution in [0.15, 0.2) is 18.2 Å². The number of halogens is 2. The summed E-state index contributed by atoms with van der Waals surface area (Å²) in [7, 11) is 0. The molecule has 3 heteroatoms. The van der Waals surface area contributed by atoms with E-state index in [-0.39, 0.29) is 5.56 Å². The molecule has 0 aliphatic heterocycles. The third-order valence-electron chi connectivity index (χ3n) is 3.41. The summed E-state index contributed by atoms with van der Waals surface area (Å²) >= 11 is 0. The molecular weight excluding hydrogens is 210 g/mol. The van der Waals surface area contributed by atoms with Crippen molar-refractivity contribution in [2.45, 2.75) is 38.2 Å². The summed E-state index contributed by atoms with van der Waals surface area (Å²) in [6.45, 7) is 1.49. The van der Waals surface area contributed by atoms with Gasteiger partial charge >= 0.3 is 0 Å². The Balaban J connectivity index is 2.26. The lowest BCUT2D eigenvalue weighted by atomic mass is 9.75. The number of hydrogen-bond donors (Lipinski definition) is 1. The Labute approximate surface area is 94.1 Å². The lowest BCUT2D eigenvalue weighted by molar-refractivity contribution is 0.00990. The average Bonchev–Trinajstić information content (AvgIpc) is 2.11. The van der Waals surface area contributed by atoms with Crippen molar-refractivity contribution in [3.63, 3.8) is 0 Å². The first-order chi connectivity index (χ1) is 7.50. The van der Waals surface area contributed by atoms with Crippen molar-refractivity contribution in [1.82, 2.24) is 0 Å². The number of hydrogen-bond acceptors (Lipinski definition) is 1. The van der Waals surface area contributed by atoms with E-state index in [2.05, 4.69) is 0 Å². The van der Waals surface area contributed by atoms with Crippen molar-refractivity contribution in [2.75, 3.05) is 0 Å². The highest BCUT2D eigenvalue weighted by Crippen LogP contribution is 2.39. The molecule has 0 amide bonds. The molecule has 1 saturated carbocycles. The summed E-state index contributed by atoms with van der Waals surface area (Å²) in [4.78, 5) is 0. The Kier molecular flexibility index (Phi) is 2.98. The lowest BCUT2D eigenvalue weighted by Gasteiger charge is -2.34. The van der Waals surface area contributed by atoms with Crippen LogP contribution in [0.3, 0.4) is 0 Å². The van der Waals surface area contributed by atoms with Crippen LogP contribution in [-0.4, -0.2) is 5.11 Å². The van der Waals surface area contributed by atoms with Gasteiger partial charge in [0.2, 0.25) is 0 Å². The van der Waals surface area contributed by atoms with Gasteiger partial charge in [0.1, 0.15) is 11.6 Å². The van der Waals surface area contributed by atoms with Gasteiger partial charge in [0.05, 0.1) is 11.2 Å². The number of aliphatic hydroxyl groups is 1. The molecule has 16 heavy (non-hydrogen) atoms. The van der Waals surface area contributed by atoms with E-state index in [1.54, 1.807) is 0 Å².